The Labute approximate surface area is 121 Å². The fraction of sp³-hybridized carbons (Fsp3) is 0.733. The number of hydrogen-bond acceptors (Lipinski definition) is 5. The molecule has 1 fully saturated rings. The van der Waals surface area contributed by atoms with Gasteiger partial charge < -0.3 is 15.0 Å². The Morgan fingerprint density at radius 2 is 2.30 bits per heavy atom. The van der Waals surface area contributed by atoms with Gasteiger partial charge in [0.1, 0.15) is 0 Å². The lowest BCUT2D eigenvalue weighted by Gasteiger charge is -2.35. The summed E-state index contributed by atoms with van der Waals surface area (Å²) in [6.07, 6.45) is 6.50. The summed E-state index contributed by atoms with van der Waals surface area (Å²) < 4.78 is 5.61. The van der Waals surface area contributed by atoms with E-state index < -0.39 is 0 Å². The second-order valence-electron chi connectivity index (χ2n) is 5.19. The van der Waals surface area contributed by atoms with Crippen molar-refractivity contribution in [1.29, 1.82) is 0 Å². The summed E-state index contributed by atoms with van der Waals surface area (Å²) in [7, 11) is 0. The molecule has 2 rings (SSSR count). The largest absolute Gasteiger partial charge is 0.478 e. The zero-order chi connectivity index (χ0) is 14.2. The molecule has 1 aliphatic heterocycles. The Bertz CT molecular complexity index is 399. The molecule has 0 amide bonds. The van der Waals surface area contributed by atoms with Crippen LogP contribution in [0, 0.1) is 0 Å². The average Bonchev–Trinajstić information content (AvgIpc) is 2.51. The Morgan fingerprint density at radius 3 is 3.10 bits per heavy atom. The first-order chi connectivity index (χ1) is 9.85. The summed E-state index contributed by atoms with van der Waals surface area (Å²) in [4.78, 5) is 11.3. The lowest BCUT2D eigenvalue weighted by Crippen LogP contribution is -2.46. The zero-order valence-corrected chi connectivity index (χ0v) is 12.6. The van der Waals surface area contributed by atoms with Gasteiger partial charge in [0.2, 0.25) is 11.8 Å². The van der Waals surface area contributed by atoms with E-state index in [0.717, 1.165) is 32.0 Å². The lowest BCUT2D eigenvalue weighted by molar-refractivity contribution is 0.304. The minimum atomic E-state index is 0.491. The van der Waals surface area contributed by atoms with Crippen LogP contribution in [-0.2, 0) is 0 Å². The Balaban J connectivity index is 2.06. The van der Waals surface area contributed by atoms with Crippen molar-refractivity contribution in [1.82, 2.24) is 15.3 Å². The molecule has 20 heavy (non-hydrogen) atoms. The number of aromatic nitrogens is 2. The molecule has 0 radical (unpaired) electrons. The average molecular weight is 278 g/mol. The van der Waals surface area contributed by atoms with Crippen LogP contribution in [0.5, 0.6) is 5.88 Å². The van der Waals surface area contributed by atoms with Crippen LogP contribution in [0.25, 0.3) is 0 Å². The Hall–Kier alpha value is -1.36. The highest BCUT2D eigenvalue weighted by molar-refractivity contribution is 5.34. The van der Waals surface area contributed by atoms with E-state index in [9.17, 15) is 0 Å². The summed E-state index contributed by atoms with van der Waals surface area (Å²) in [5.74, 6) is 1.49. The highest BCUT2D eigenvalue weighted by Crippen LogP contribution is 2.22. The summed E-state index contributed by atoms with van der Waals surface area (Å²) in [6.45, 7) is 7.98. The van der Waals surface area contributed by atoms with Gasteiger partial charge in [-0.2, -0.15) is 4.98 Å². The molecule has 1 aromatic heterocycles. The van der Waals surface area contributed by atoms with Crippen molar-refractivity contribution in [3.05, 3.63) is 12.3 Å². The van der Waals surface area contributed by atoms with Gasteiger partial charge in [0, 0.05) is 31.4 Å². The summed E-state index contributed by atoms with van der Waals surface area (Å²) in [6, 6.07) is 2.33. The van der Waals surface area contributed by atoms with Gasteiger partial charge in [-0.3, -0.25) is 0 Å². The molecule has 0 bridgehead atoms. The quantitative estimate of drug-likeness (QED) is 0.829. The van der Waals surface area contributed by atoms with E-state index in [0.29, 0.717) is 18.5 Å². The maximum atomic E-state index is 5.61. The van der Waals surface area contributed by atoms with Crippen LogP contribution in [0.15, 0.2) is 12.3 Å². The molecule has 0 aliphatic carbocycles. The van der Waals surface area contributed by atoms with E-state index in [1.807, 2.05) is 6.07 Å². The fourth-order valence-electron chi connectivity index (χ4n) is 2.54. The van der Waals surface area contributed by atoms with Gasteiger partial charge in [0.05, 0.1) is 6.61 Å². The number of piperidine rings is 1. The van der Waals surface area contributed by atoms with Crippen LogP contribution < -0.4 is 15.0 Å². The normalized spacial score (nSPS) is 19.1. The van der Waals surface area contributed by atoms with E-state index in [1.54, 1.807) is 6.20 Å². The number of nitrogens with one attached hydrogen (secondary N) is 1. The van der Waals surface area contributed by atoms with Gasteiger partial charge in [-0.1, -0.05) is 13.8 Å². The topological polar surface area (TPSA) is 50.3 Å². The minimum absolute atomic E-state index is 0.491. The van der Waals surface area contributed by atoms with Crippen LogP contribution in [0.3, 0.4) is 0 Å². The molecule has 1 atom stereocenters. The molecule has 1 unspecified atom stereocenters. The SMILES string of the molecule is CCCOc1ccnc(N2CCCCC2CNCC)n1. The first-order valence-corrected chi connectivity index (χ1v) is 7.78. The van der Waals surface area contributed by atoms with Crippen LogP contribution in [-0.4, -0.2) is 42.3 Å². The highest BCUT2D eigenvalue weighted by Gasteiger charge is 2.24. The first-order valence-electron chi connectivity index (χ1n) is 7.78. The van der Waals surface area contributed by atoms with Crippen molar-refractivity contribution < 1.29 is 4.74 Å². The van der Waals surface area contributed by atoms with Crippen LogP contribution in [0.1, 0.15) is 39.5 Å². The molecule has 2 heterocycles. The van der Waals surface area contributed by atoms with Gasteiger partial charge in [-0.05, 0) is 32.2 Å². The third-order valence-electron chi connectivity index (χ3n) is 3.59. The Morgan fingerprint density at radius 1 is 1.40 bits per heavy atom. The molecule has 0 aromatic carbocycles. The fourth-order valence-corrected chi connectivity index (χ4v) is 2.54. The molecular formula is C15H26N4O. The molecule has 5 heteroatoms. The Kier molecular flexibility index (Phi) is 6.05. The van der Waals surface area contributed by atoms with Crippen molar-refractivity contribution in [3.8, 4) is 5.88 Å². The molecular weight excluding hydrogens is 252 g/mol. The predicted molar refractivity (Wildman–Crippen MR) is 81.3 cm³/mol. The lowest BCUT2D eigenvalue weighted by atomic mass is 10.0. The molecule has 112 valence electrons. The maximum Gasteiger partial charge on any atom is 0.228 e. The van der Waals surface area contributed by atoms with Gasteiger partial charge >= 0.3 is 0 Å². The zero-order valence-electron chi connectivity index (χ0n) is 12.6. The van der Waals surface area contributed by atoms with E-state index in [4.69, 9.17) is 4.74 Å². The molecule has 5 nitrogen and oxygen atoms in total. The third-order valence-corrected chi connectivity index (χ3v) is 3.59. The highest BCUT2D eigenvalue weighted by atomic mass is 16.5. The number of hydrogen-bond donors (Lipinski definition) is 1. The summed E-state index contributed by atoms with van der Waals surface area (Å²) in [5, 5.41) is 3.44. The van der Waals surface area contributed by atoms with Crippen molar-refractivity contribution in [3.63, 3.8) is 0 Å². The standard InChI is InChI=1S/C15H26N4O/c1-3-11-20-14-8-9-17-15(18-14)19-10-6-5-7-13(19)12-16-4-2/h8-9,13,16H,3-7,10-12H2,1-2H3. The number of nitrogens with zero attached hydrogens (tertiary/aromatic N) is 3. The minimum Gasteiger partial charge on any atom is -0.478 e. The number of anilines is 1. The van der Waals surface area contributed by atoms with Crippen LogP contribution in [0.2, 0.25) is 0 Å². The molecule has 1 aliphatic rings. The van der Waals surface area contributed by atoms with Gasteiger partial charge in [-0.25, -0.2) is 4.98 Å². The van der Waals surface area contributed by atoms with Crippen molar-refractivity contribution in [2.75, 3.05) is 31.1 Å². The second-order valence-corrected chi connectivity index (χ2v) is 5.19. The number of ether oxygens (including phenoxy) is 1. The smallest absolute Gasteiger partial charge is 0.228 e. The van der Waals surface area contributed by atoms with Crippen molar-refractivity contribution in [2.24, 2.45) is 0 Å². The molecule has 1 aromatic rings. The van der Waals surface area contributed by atoms with E-state index in [2.05, 4.69) is 34.0 Å². The van der Waals surface area contributed by atoms with E-state index in [1.165, 1.54) is 19.3 Å². The molecule has 0 spiro atoms. The van der Waals surface area contributed by atoms with Gasteiger partial charge in [0.15, 0.2) is 0 Å². The molecule has 1 saturated heterocycles. The summed E-state index contributed by atoms with van der Waals surface area (Å²) in [5.41, 5.74) is 0. The first kappa shape index (κ1) is 15.0. The van der Waals surface area contributed by atoms with Crippen LogP contribution >= 0.6 is 0 Å². The second kappa shape index (κ2) is 8.04. The third kappa shape index (κ3) is 4.07. The van der Waals surface area contributed by atoms with E-state index >= 15 is 0 Å². The van der Waals surface area contributed by atoms with Crippen molar-refractivity contribution in [2.45, 2.75) is 45.6 Å². The molecule has 1 N–H and O–H groups in total. The summed E-state index contributed by atoms with van der Waals surface area (Å²) >= 11 is 0. The van der Waals surface area contributed by atoms with Gasteiger partial charge in [-0.15, -0.1) is 0 Å². The maximum absolute atomic E-state index is 5.61. The number of likely N-dealkylation sites (N-methyl/N-ethyl adjacent to an activating group) is 1. The number of rotatable bonds is 7. The van der Waals surface area contributed by atoms with Crippen LogP contribution in [0.4, 0.5) is 5.95 Å². The monoisotopic (exact) mass is 278 g/mol. The predicted octanol–water partition coefficient (Wildman–Crippen LogP) is 2.23. The van der Waals surface area contributed by atoms with Crippen molar-refractivity contribution >= 4 is 5.95 Å². The van der Waals surface area contributed by atoms with E-state index in [-0.39, 0.29) is 0 Å². The van der Waals surface area contributed by atoms with Gasteiger partial charge in [0.25, 0.3) is 0 Å². The molecule has 0 saturated carbocycles.